The Bertz CT molecular complexity index is 395. The molecule has 1 aromatic carbocycles. The van der Waals surface area contributed by atoms with E-state index in [1.165, 1.54) is 24.3 Å². The lowest BCUT2D eigenvalue weighted by Gasteiger charge is -2.13. The van der Waals surface area contributed by atoms with Crippen molar-refractivity contribution in [3.8, 4) is 5.75 Å². The number of hydrogen-bond acceptors (Lipinski definition) is 3. The topological polar surface area (TPSA) is 58.6 Å². The molecule has 20 heavy (non-hydrogen) atoms. The average molecular weight is 283 g/mol. The Labute approximate surface area is 119 Å². The molecule has 0 aliphatic heterocycles. The zero-order chi connectivity index (χ0) is 14.8. The zero-order valence-corrected chi connectivity index (χ0v) is 11.8. The Hall–Kier alpha value is -1.62. The van der Waals surface area contributed by atoms with Crippen LogP contribution < -0.4 is 10.1 Å². The lowest BCUT2D eigenvalue weighted by atomic mass is 10.2. The van der Waals surface area contributed by atoms with Crippen LogP contribution in [-0.4, -0.2) is 30.3 Å². The van der Waals surface area contributed by atoms with Crippen molar-refractivity contribution in [1.82, 2.24) is 5.32 Å². The third kappa shape index (κ3) is 7.09. The Balaban J connectivity index is 2.15. The molecule has 0 aliphatic rings. The molecule has 0 heterocycles. The maximum Gasteiger partial charge on any atom is 0.220 e. The molecule has 0 aromatic heterocycles. The number of hydrogen-bond donors (Lipinski definition) is 2. The highest BCUT2D eigenvalue weighted by molar-refractivity contribution is 5.75. The lowest BCUT2D eigenvalue weighted by molar-refractivity contribution is -0.121. The number of ether oxygens (including phenoxy) is 1. The molecule has 112 valence electrons. The Morgan fingerprint density at radius 1 is 1.35 bits per heavy atom. The van der Waals surface area contributed by atoms with E-state index in [2.05, 4.69) is 12.2 Å². The summed E-state index contributed by atoms with van der Waals surface area (Å²) < 4.78 is 18.0. The molecule has 0 fully saturated rings. The van der Waals surface area contributed by atoms with Crippen molar-refractivity contribution in [3.63, 3.8) is 0 Å². The van der Waals surface area contributed by atoms with Gasteiger partial charge in [-0.3, -0.25) is 4.79 Å². The summed E-state index contributed by atoms with van der Waals surface area (Å²) >= 11 is 0. The van der Waals surface area contributed by atoms with E-state index in [4.69, 9.17) is 4.74 Å². The monoisotopic (exact) mass is 283 g/mol. The van der Waals surface area contributed by atoms with Gasteiger partial charge in [0.05, 0.1) is 0 Å². The highest BCUT2D eigenvalue weighted by Gasteiger charge is 2.08. The van der Waals surface area contributed by atoms with Crippen molar-refractivity contribution in [2.24, 2.45) is 0 Å². The Morgan fingerprint density at radius 3 is 2.70 bits per heavy atom. The quantitative estimate of drug-likeness (QED) is 0.683. The number of rotatable bonds is 9. The van der Waals surface area contributed by atoms with E-state index in [0.717, 1.165) is 19.3 Å². The number of nitrogens with one attached hydrogen (secondary N) is 1. The first-order valence-corrected chi connectivity index (χ1v) is 6.95. The second kappa shape index (κ2) is 9.31. The minimum absolute atomic E-state index is 0.0562. The van der Waals surface area contributed by atoms with Crippen LogP contribution in [0.2, 0.25) is 0 Å². The smallest absolute Gasteiger partial charge is 0.220 e. The summed E-state index contributed by atoms with van der Waals surface area (Å²) in [7, 11) is 0. The molecule has 1 amide bonds. The SMILES string of the molecule is CCCCCC(=O)NCC(O)COc1ccc(F)cc1. The van der Waals surface area contributed by atoms with Gasteiger partial charge in [-0.25, -0.2) is 4.39 Å². The minimum Gasteiger partial charge on any atom is -0.491 e. The van der Waals surface area contributed by atoms with E-state index in [9.17, 15) is 14.3 Å². The molecule has 1 unspecified atom stereocenters. The van der Waals surface area contributed by atoms with Gasteiger partial charge in [-0.05, 0) is 30.7 Å². The first kappa shape index (κ1) is 16.4. The fourth-order valence-electron chi connectivity index (χ4n) is 1.64. The molecule has 0 aliphatic carbocycles. The first-order valence-electron chi connectivity index (χ1n) is 6.95. The standard InChI is InChI=1S/C15H22FNO3/c1-2-3-4-5-15(19)17-10-13(18)11-20-14-8-6-12(16)7-9-14/h6-9,13,18H,2-5,10-11H2,1H3,(H,17,19). The van der Waals surface area contributed by atoms with Crippen LogP contribution in [0.15, 0.2) is 24.3 Å². The van der Waals surface area contributed by atoms with Crippen LogP contribution in [0, 0.1) is 5.82 Å². The van der Waals surface area contributed by atoms with Crippen molar-refractivity contribution in [1.29, 1.82) is 0 Å². The molecule has 1 rings (SSSR count). The van der Waals surface area contributed by atoms with E-state index < -0.39 is 6.10 Å². The van der Waals surface area contributed by atoms with Gasteiger partial charge in [0.15, 0.2) is 0 Å². The van der Waals surface area contributed by atoms with Crippen LogP contribution in [0.5, 0.6) is 5.75 Å². The van der Waals surface area contributed by atoms with E-state index in [-0.39, 0.29) is 24.9 Å². The summed E-state index contributed by atoms with van der Waals surface area (Å²) in [6, 6.07) is 5.56. The maximum absolute atomic E-state index is 12.7. The van der Waals surface area contributed by atoms with Gasteiger partial charge >= 0.3 is 0 Å². The number of unbranched alkanes of at least 4 members (excludes halogenated alkanes) is 2. The fourth-order valence-corrected chi connectivity index (χ4v) is 1.64. The van der Waals surface area contributed by atoms with Crippen LogP contribution in [0.3, 0.4) is 0 Å². The van der Waals surface area contributed by atoms with Crippen molar-refractivity contribution < 1.29 is 19.0 Å². The molecular formula is C15H22FNO3. The molecule has 1 atom stereocenters. The number of aliphatic hydroxyl groups is 1. The summed E-state index contributed by atoms with van der Waals surface area (Å²) in [5.41, 5.74) is 0. The third-order valence-electron chi connectivity index (χ3n) is 2.80. The van der Waals surface area contributed by atoms with Crippen LogP contribution in [0.4, 0.5) is 4.39 Å². The maximum atomic E-state index is 12.7. The van der Waals surface area contributed by atoms with Crippen LogP contribution in [0.1, 0.15) is 32.6 Å². The van der Waals surface area contributed by atoms with Gasteiger partial charge in [-0.15, -0.1) is 0 Å². The second-order valence-electron chi connectivity index (χ2n) is 4.68. The van der Waals surface area contributed by atoms with Gasteiger partial charge in [-0.2, -0.15) is 0 Å². The van der Waals surface area contributed by atoms with E-state index >= 15 is 0 Å². The third-order valence-corrected chi connectivity index (χ3v) is 2.80. The highest BCUT2D eigenvalue weighted by Crippen LogP contribution is 2.11. The summed E-state index contributed by atoms with van der Waals surface area (Å²) in [5, 5.41) is 12.3. The second-order valence-corrected chi connectivity index (χ2v) is 4.68. The van der Waals surface area contributed by atoms with E-state index in [1.807, 2.05) is 0 Å². The van der Waals surface area contributed by atoms with E-state index in [1.54, 1.807) is 0 Å². The number of carbonyl (C=O) groups is 1. The van der Waals surface area contributed by atoms with Gasteiger partial charge in [0, 0.05) is 13.0 Å². The molecule has 2 N–H and O–H groups in total. The lowest BCUT2D eigenvalue weighted by Crippen LogP contribution is -2.35. The van der Waals surface area contributed by atoms with E-state index in [0.29, 0.717) is 12.2 Å². The molecule has 1 aromatic rings. The largest absolute Gasteiger partial charge is 0.491 e. The molecule has 0 radical (unpaired) electrons. The molecule has 5 heteroatoms. The van der Waals surface area contributed by atoms with Crippen molar-refractivity contribution in [2.45, 2.75) is 38.7 Å². The molecule has 0 saturated carbocycles. The summed E-state index contributed by atoms with van der Waals surface area (Å²) in [6.07, 6.45) is 2.67. The Kier molecular flexibility index (Phi) is 7.65. The number of halogens is 1. The average Bonchev–Trinajstić information content (AvgIpc) is 2.45. The predicted molar refractivity (Wildman–Crippen MR) is 75.1 cm³/mol. The number of aliphatic hydroxyl groups excluding tert-OH is 1. The van der Waals surface area contributed by atoms with Crippen LogP contribution in [0.25, 0.3) is 0 Å². The van der Waals surface area contributed by atoms with Gasteiger partial charge in [0.25, 0.3) is 0 Å². The summed E-state index contributed by atoms with van der Waals surface area (Å²) in [5.74, 6) is 0.0937. The summed E-state index contributed by atoms with van der Waals surface area (Å²) in [4.78, 5) is 11.4. The molecular weight excluding hydrogens is 261 g/mol. The van der Waals surface area contributed by atoms with Gasteiger partial charge in [0.1, 0.15) is 24.3 Å². The fraction of sp³-hybridized carbons (Fsp3) is 0.533. The van der Waals surface area contributed by atoms with Gasteiger partial charge < -0.3 is 15.2 Å². The van der Waals surface area contributed by atoms with Crippen molar-refractivity contribution in [2.75, 3.05) is 13.2 Å². The summed E-state index contributed by atoms with van der Waals surface area (Å²) in [6.45, 7) is 2.29. The van der Waals surface area contributed by atoms with Crippen molar-refractivity contribution >= 4 is 5.91 Å². The molecule has 0 spiro atoms. The number of benzene rings is 1. The number of carbonyl (C=O) groups excluding carboxylic acids is 1. The molecule has 0 bridgehead atoms. The van der Waals surface area contributed by atoms with Crippen LogP contribution in [-0.2, 0) is 4.79 Å². The van der Waals surface area contributed by atoms with Crippen molar-refractivity contribution in [3.05, 3.63) is 30.1 Å². The van der Waals surface area contributed by atoms with Crippen LogP contribution >= 0.6 is 0 Å². The first-order chi connectivity index (χ1) is 9.61. The van der Waals surface area contributed by atoms with Gasteiger partial charge in [0.2, 0.25) is 5.91 Å². The molecule has 0 saturated heterocycles. The zero-order valence-electron chi connectivity index (χ0n) is 11.8. The Morgan fingerprint density at radius 2 is 2.05 bits per heavy atom. The molecule has 4 nitrogen and oxygen atoms in total. The number of amides is 1. The highest BCUT2D eigenvalue weighted by atomic mass is 19.1. The normalized spacial score (nSPS) is 11.9. The predicted octanol–water partition coefficient (Wildman–Crippen LogP) is 2.26. The van der Waals surface area contributed by atoms with Gasteiger partial charge in [-0.1, -0.05) is 19.8 Å². The minimum atomic E-state index is -0.782.